The number of nitrogens with one attached hydrogen (secondary N) is 1. The molecule has 0 fully saturated rings. The van der Waals surface area contributed by atoms with Gasteiger partial charge in [0.15, 0.2) is 0 Å². The standard InChI is InChI=1S/C12H25F3N2/c1-3-5-7-10(4-2)11(17-16)8-6-9-12(13,14)15/h10-11,17H,3-9,16H2,1-2H3. The first-order chi connectivity index (χ1) is 7.94. The van der Waals surface area contributed by atoms with Gasteiger partial charge in [-0.2, -0.15) is 13.2 Å². The Morgan fingerprint density at radius 3 is 2.18 bits per heavy atom. The van der Waals surface area contributed by atoms with Crippen molar-refractivity contribution in [2.75, 3.05) is 0 Å². The van der Waals surface area contributed by atoms with Crippen LogP contribution in [-0.4, -0.2) is 12.2 Å². The normalized spacial score (nSPS) is 15.9. The van der Waals surface area contributed by atoms with E-state index in [4.69, 9.17) is 5.84 Å². The second-order valence-electron chi connectivity index (χ2n) is 4.59. The van der Waals surface area contributed by atoms with E-state index in [9.17, 15) is 13.2 Å². The highest BCUT2D eigenvalue weighted by molar-refractivity contribution is 4.74. The van der Waals surface area contributed by atoms with Crippen LogP contribution in [0.25, 0.3) is 0 Å². The molecule has 104 valence electrons. The van der Waals surface area contributed by atoms with Crippen LogP contribution in [0.15, 0.2) is 0 Å². The first-order valence-corrected chi connectivity index (χ1v) is 6.47. The summed E-state index contributed by atoms with van der Waals surface area (Å²) in [5.41, 5.74) is 2.68. The van der Waals surface area contributed by atoms with Gasteiger partial charge in [0.2, 0.25) is 0 Å². The number of alkyl halides is 3. The first-order valence-electron chi connectivity index (χ1n) is 6.47. The molecule has 0 aromatic rings. The van der Waals surface area contributed by atoms with Crippen LogP contribution in [0, 0.1) is 5.92 Å². The first kappa shape index (κ1) is 16.7. The van der Waals surface area contributed by atoms with E-state index in [2.05, 4.69) is 19.3 Å². The van der Waals surface area contributed by atoms with E-state index in [1.165, 1.54) is 0 Å². The highest BCUT2D eigenvalue weighted by atomic mass is 19.4. The average Bonchev–Trinajstić information content (AvgIpc) is 2.25. The molecule has 0 aromatic carbocycles. The van der Waals surface area contributed by atoms with E-state index in [0.717, 1.165) is 25.7 Å². The van der Waals surface area contributed by atoms with Crippen molar-refractivity contribution in [3.8, 4) is 0 Å². The smallest absolute Gasteiger partial charge is 0.271 e. The quantitative estimate of drug-likeness (QED) is 0.485. The zero-order valence-corrected chi connectivity index (χ0v) is 10.8. The second kappa shape index (κ2) is 8.75. The predicted molar refractivity (Wildman–Crippen MR) is 64.3 cm³/mol. The number of rotatable bonds is 9. The third kappa shape index (κ3) is 8.44. The summed E-state index contributed by atoms with van der Waals surface area (Å²) in [6, 6.07) is 0.00824. The van der Waals surface area contributed by atoms with Gasteiger partial charge in [-0.25, -0.2) is 0 Å². The lowest BCUT2D eigenvalue weighted by Gasteiger charge is -2.25. The Balaban J connectivity index is 4.01. The van der Waals surface area contributed by atoms with Gasteiger partial charge in [-0.15, -0.1) is 0 Å². The molecular weight excluding hydrogens is 229 g/mol. The Labute approximate surface area is 102 Å². The van der Waals surface area contributed by atoms with Crippen LogP contribution in [0.4, 0.5) is 13.2 Å². The molecule has 3 N–H and O–H groups in total. The average molecular weight is 254 g/mol. The van der Waals surface area contributed by atoms with Crippen LogP contribution in [0.3, 0.4) is 0 Å². The molecule has 0 aliphatic carbocycles. The van der Waals surface area contributed by atoms with E-state index in [-0.39, 0.29) is 12.5 Å². The van der Waals surface area contributed by atoms with Crippen molar-refractivity contribution in [1.29, 1.82) is 0 Å². The maximum atomic E-state index is 12.0. The fourth-order valence-electron chi connectivity index (χ4n) is 2.13. The highest BCUT2D eigenvalue weighted by Gasteiger charge is 2.27. The van der Waals surface area contributed by atoms with E-state index in [1.807, 2.05) is 0 Å². The molecule has 0 aromatic heterocycles. The molecule has 0 saturated heterocycles. The summed E-state index contributed by atoms with van der Waals surface area (Å²) >= 11 is 0. The lowest BCUT2D eigenvalue weighted by molar-refractivity contribution is -0.136. The Kier molecular flexibility index (Phi) is 8.60. The highest BCUT2D eigenvalue weighted by Crippen LogP contribution is 2.25. The summed E-state index contributed by atoms with van der Waals surface area (Å²) in [6.07, 6.45) is 0.0972. The third-order valence-corrected chi connectivity index (χ3v) is 3.21. The molecule has 0 aliphatic rings. The van der Waals surface area contributed by atoms with Gasteiger partial charge in [-0.05, 0) is 25.2 Å². The molecular formula is C12H25F3N2. The summed E-state index contributed by atoms with van der Waals surface area (Å²) in [6.45, 7) is 4.18. The Hall–Kier alpha value is -0.290. The molecule has 0 spiro atoms. The molecule has 0 amide bonds. The largest absolute Gasteiger partial charge is 0.389 e. The van der Waals surface area contributed by atoms with Crippen LogP contribution in [0.5, 0.6) is 0 Å². The Morgan fingerprint density at radius 1 is 1.12 bits per heavy atom. The number of hydrogen-bond acceptors (Lipinski definition) is 2. The Bertz CT molecular complexity index is 183. The predicted octanol–water partition coefficient (Wildman–Crippen LogP) is 3.77. The van der Waals surface area contributed by atoms with Crippen molar-refractivity contribution >= 4 is 0 Å². The molecule has 0 radical (unpaired) electrons. The van der Waals surface area contributed by atoms with E-state index >= 15 is 0 Å². The SMILES string of the molecule is CCCCC(CC)C(CCCC(F)(F)F)NN. The third-order valence-electron chi connectivity index (χ3n) is 3.21. The second-order valence-corrected chi connectivity index (χ2v) is 4.59. The van der Waals surface area contributed by atoms with Crippen molar-refractivity contribution in [1.82, 2.24) is 5.43 Å². The molecule has 0 saturated carbocycles. The fraction of sp³-hybridized carbons (Fsp3) is 1.00. The Morgan fingerprint density at radius 2 is 1.76 bits per heavy atom. The monoisotopic (exact) mass is 254 g/mol. The minimum atomic E-state index is -4.05. The van der Waals surface area contributed by atoms with Gasteiger partial charge < -0.3 is 0 Å². The topological polar surface area (TPSA) is 38.0 Å². The van der Waals surface area contributed by atoms with Crippen LogP contribution in [0.2, 0.25) is 0 Å². The van der Waals surface area contributed by atoms with Crippen LogP contribution < -0.4 is 11.3 Å². The summed E-state index contributed by atoms with van der Waals surface area (Å²) in [7, 11) is 0. The van der Waals surface area contributed by atoms with Crippen LogP contribution in [-0.2, 0) is 0 Å². The van der Waals surface area contributed by atoms with Gasteiger partial charge in [0.25, 0.3) is 0 Å². The molecule has 0 heterocycles. The zero-order chi connectivity index (χ0) is 13.3. The zero-order valence-electron chi connectivity index (χ0n) is 10.8. The van der Waals surface area contributed by atoms with Gasteiger partial charge in [-0.3, -0.25) is 11.3 Å². The molecule has 0 bridgehead atoms. The fourth-order valence-corrected chi connectivity index (χ4v) is 2.13. The summed E-state index contributed by atoms with van der Waals surface area (Å²) < 4.78 is 36.1. The van der Waals surface area contributed by atoms with Crippen molar-refractivity contribution in [3.05, 3.63) is 0 Å². The van der Waals surface area contributed by atoms with Gasteiger partial charge in [0.05, 0.1) is 0 Å². The molecule has 17 heavy (non-hydrogen) atoms. The summed E-state index contributed by atoms with van der Waals surface area (Å²) in [5.74, 6) is 5.82. The van der Waals surface area contributed by atoms with Crippen molar-refractivity contribution in [2.45, 2.75) is 71.0 Å². The van der Waals surface area contributed by atoms with Crippen LogP contribution >= 0.6 is 0 Å². The van der Waals surface area contributed by atoms with Crippen molar-refractivity contribution < 1.29 is 13.2 Å². The van der Waals surface area contributed by atoms with Gasteiger partial charge in [0.1, 0.15) is 0 Å². The number of hydrazine groups is 1. The molecule has 2 nitrogen and oxygen atoms in total. The van der Waals surface area contributed by atoms with Crippen LogP contribution in [0.1, 0.15) is 58.8 Å². The number of unbranched alkanes of at least 4 members (excludes halogenated alkanes) is 1. The van der Waals surface area contributed by atoms with Gasteiger partial charge in [0, 0.05) is 12.5 Å². The number of halogens is 3. The van der Waals surface area contributed by atoms with Crippen molar-refractivity contribution in [3.63, 3.8) is 0 Å². The molecule has 2 atom stereocenters. The van der Waals surface area contributed by atoms with E-state index in [0.29, 0.717) is 12.3 Å². The minimum Gasteiger partial charge on any atom is -0.271 e. The molecule has 2 unspecified atom stereocenters. The van der Waals surface area contributed by atoms with Gasteiger partial charge >= 0.3 is 6.18 Å². The lowest BCUT2D eigenvalue weighted by Crippen LogP contribution is -2.41. The number of nitrogens with two attached hydrogens (primary N) is 1. The maximum Gasteiger partial charge on any atom is 0.389 e. The van der Waals surface area contributed by atoms with Crippen molar-refractivity contribution in [2.24, 2.45) is 11.8 Å². The summed E-state index contributed by atoms with van der Waals surface area (Å²) in [5, 5.41) is 0. The molecule has 0 rings (SSSR count). The minimum absolute atomic E-state index is 0.00824. The van der Waals surface area contributed by atoms with E-state index in [1.54, 1.807) is 0 Å². The lowest BCUT2D eigenvalue weighted by atomic mass is 9.88. The summed E-state index contributed by atoms with van der Waals surface area (Å²) in [4.78, 5) is 0. The van der Waals surface area contributed by atoms with Gasteiger partial charge in [-0.1, -0.05) is 33.1 Å². The number of hydrogen-bond donors (Lipinski definition) is 2. The maximum absolute atomic E-state index is 12.0. The molecule has 0 aliphatic heterocycles. The van der Waals surface area contributed by atoms with E-state index < -0.39 is 12.6 Å². The molecule has 5 heteroatoms.